The molecule has 19 heavy (non-hydrogen) atoms. The van der Waals surface area contributed by atoms with E-state index in [4.69, 9.17) is 5.73 Å². The highest BCUT2D eigenvalue weighted by Gasteiger charge is 2.17. The lowest BCUT2D eigenvalue weighted by Gasteiger charge is -2.30. The highest BCUT2D eigenvalue weighted by atomic mass is 15.1. The maximum Gasteiger partial charge on any atom is 0.137 e. The molecule has 1 aromatic carbocycles. The van der Waals surface area contributed by atoms with Crippen LogP contribution in [0.25, 0.3) is 10.9 Å². The first-order valence-electron chi connectivity index (χ1n) is 6.68. The fourth-order valence-electron chi connectivity index (χ4n) is 2.54. The first-order chi connectivity index (χ1) is 9.22. The van der Waals surface area contributed by atoms with Crippen molar-refractivity contribution in [3.63, 3.8) is 0 Å². The average molecular weight is 257 g/mol. The molecule has 1 fully saturated rings. The van der Waals surface area contributed by atoms with Crippen molar-refractivity contribution in [1.29, 1.82) is 0 Å². The number of aromatic nitrogens is 2. The average Bonchev–Trinajstić information content (AvgIpc) is 2.41. The van der Waals surface area contributed by atoms with Crippen LogP contribution >= 0.6 is 0 Å². The summed E-state index contributed by atoms with van der Waals surface area (Å²) in [5, 5.41) is 4.58. The van der Waals surface area contributed by atoms with E-state index >= 15 is 0 Å². The molecule has 0 radical (unpaired) electrons. The van der Waals surface area contributed by atoms with E-state index in [0.717, 1.165) is 48.3 Å². The van der Waals surface area contributed by atoms with Gasteiger partial charge in [-0.15, -0.1) is 0 Å². The molecular weight excluding hydrogens is 238 g/mol. The van der Waals surface area contributed by atoms with E-state index in [1.165, 1.54) is 0 Å². The summed E-state index contributed by atoms with van der Waals surface area (Å²) >= 11 is 0. The van der Waals surface area contributed by atoms with Gasteiger partial charge in [0, 0.05) is 17.1 Å². The van der Waals surface area contributed by atoms with Crippen molar-refractivity contribution in [2.45, 2.75) is 18.9 Å². The topological polar surface area (TPSA) is 67.1 Å². The van der Waals surface area contributed by atoms with Crippen LogP contribution in [0.3, 0.4) is 0 Å². The summed E-state index contributed by atoms with van der Waals surface area (Å²) in [6.45, 7) is 2.27. The molecule has 3 rings (SSSR count). The minimum atomic E-state index is 0.492. The lowest BCUT2D eigenvalue weighted by Crippen LogP contribution is -2.36. The molecule has 2 heterocycles. The highest BCUT2D eigenvalue weighted by Crippen LogP contribution is 2.23. The molecule has 5 nitrogen and oxygen atoms in total. The zero-order valence-electron chi connectivity index (χ0n) is 11.1. The van der Waals surface area contributed by atoms with Gasteiger partial charge >= 0.3 is 0 Å². The second-order valence-electron chi connectivity index (χ2n) is 5.22. The minimum absolute atomic E-state index is 0.492. The largest absolute Gasteiger partial charge is 0.399 e. The number of nitrogens with two attached hydrogens (primary N) is 1. The van der Waals surface area contributed by atoms with Gasteiger partial charge in [-0.25, -0.2) is 9.97 Å². The first kappa shape index (κ1) is 12.2. The van der Waals surface area contributed by atoms with E-state index in [-0.39, 0.29) is 0 Å². The fourth-order valence-corrected chi connectivity index (χ4v) is 2.54. The number of likely N-dealkylation sites (tertiary alicyclic amines) is 1. The second-order valence-corrected chi connectivity index (χ2v) is 5.22. The molecule has 2 aromatic rings. The van der Waals surface area contributed by atoms with Gasteiger partial charge < -0.3 is 16.0 Å². The number of benzene rings is 1. The molecule has 0 unspecified atom stereocenters. The molecule has 0 aliphatic carbocycles. The van der Waals surface area contributed by atoms with Crippen LogP contribution in [0.2, 0.25) is 0 Å². The third-order valence-electron chi connectivity index (χ3n) is 3.72. The standard InChI is InChI=1S/C14H19N5/c1-19-6-4-11(5-7-19)18-14-12-3-2-10(15)8-13(12)16-9-17-14/h2-3,8-9,11H,4-7,15H2,1H3,(H,16,17,18). The van der Waals surface area contributed by atoms with Crippen LogP contribution in [0.15, 0.2) is 24.5 Å². The number of piperidine rings is 1. The van der Waals surface area contributed by atoms with Crippen molar-refractivity contribution in [2.75, 3.05) is 31.2 Å². The number of nitrogen functional groups attached to an aromatic ring is 1. The van der Waals surface area contributed by atoms with E-state index < -0.39 is 0 Å². The molecule has 1 saturated heterocycles. The number of rotatable bonds is 2. The predicted molar refractivity (Wildman–Crippen MR) is 78.1 cm³/mol. The van der Waals surface area contributed by atoms with Gasteiger partial charge in [-0.3, -0.25) is 0 Å². The summed E-state index contributed by atoms with van der Waals surface area (Å²) < 4.78 is 0. The van der Waals surface area contributed by atoms with E-state index in [2.05, 4.69) is 27.2 Å². The van der Waals surface area contributed by atoms with Crippen LogP contribution in [0.5, 0.6) is 0 Å². The molecule has 3 N–H and O–H groups in total. The normalized spacial score (nSPS) is 17.7. The molecule has 5 heteroatoms. The van der Waals surface area contributed by atoms with Crippen molar-refractivity contribution in [1.82, 2.24) is 14.9 Å². The Morgan fingerprint density at radius 3 is 2.84 bits per heavy atom. The number of fused-ring (bicyclic) bond motifs is 1. The maximum absolute atomic E-state index is 5.79. The van der Waals surface area contributed by atoms with Crippen molar-refractivity contribution >= 4 is 22.4 Å². The van der Waals surface area contributed by atoms with Crippen molar-refractivity contribution < 1.29 is 0 Å². The number of nitrogens with zero attached hydrogens (tertiary/aromatic N) is 3. The Labute approximate surface area is 112 Å². The summed E-state index contributed by atoms with van der Waals surface area (Å²) in [7, 11) is 2.17. The number of hydrogen-bond acceptors (Lipinski definition) is 5. The van der Waals surface area contributed by atoms with Crippen LogP contribution in [-0.4, -0.2) is 41.0 Å². The Kier molecular flexibility index (Phi) is 3.21. The van der Waals surface area contributed by atoms with E-state index in [9.17, 15) is 0 Å². The predicted octanol–water partition coefficient (Wildman–Crippen LogP) is 1.72. The van der Waals surface area contributed by atoms with Gasteiger partial charge in [0.25, 0.3) is 0 Å². The minimum Gasteiger partial charge on any atom is -0.399 e. The SMILES string of the molecule is CN1CCC(Nc2ncnc3cc(N)ccc23)CC1. The molecule has 0 saturated carbocycles. The van der Waals surface area contributed by atoms with Gasteiger partial charge in [0.2, 0.25) is 0 Å². The maximum atomic E-state index is 5.79. The third kappa shape index (κ3) is 2.61. The van der Waals surface area contributed by atoms with Gasteiger partial charge in [0.15, 0.2) is 0 Å². The van der Waals surface area contributed by atoms with Gasteiger partial charge in [-0.1, -0.05) is 0 Å². The Morgan fingerprint density at radius 1 is 1.26 bits per heavy atom. The Balaban J connectivity index is 1.84. The third-order valence-corrected chi connectivity index (χ3v) is 3.72. The lowest BCUT2D eigenvalue weighted by molar-refractivity contribution is 0.264. The quantitative estimate of drug-likeness (QED) is 0.802. The molecule has 0 atom stereocenters. The zero-order valence-corrected chi connectivity index (χ0v) is 11.1. The van der Waals surface area contributed by atoms with Crippen LogP contribution < -0.4 is 11.1 Å². The molecule has 100 valence electrons. The summed E-state index contributed by atoms with van der Waals surface area (Å²) in [6.07, 6.45) is 3.90. The zero-order chi connectivity index (χ0) is 13.2. The molecular formula is C14H19N5. The summed E-state index contributed by atoms with van der Waals surface area (Å²) in [6, 6.07) is 6.26. The Bertz CT molecular complexity index is 575. The van der Waals surface area contributed by atoms with Gasteiger partial charge in [0.1, 0.15) is 12.1 Å². The van der Waals surface area contributed by atoms with Crippen LogP contribution in [0.1, 0.15) is 12.8 Å². The Hall–Kier alpha value is -1.88. The van der Waals surface area contributed by atoms with Crippen LogP contribution in [0, 0.1) is 0 Å². The highest BCUT2D eigenvalue weighted by molar-refractivity contribution is 5.90. The Morgan fingerprint density at radius 2 is 2.05 bits per heavy atom. The van der Waals surface area contributed by atoms with Crippen LogP contribution in [0.4, 0.5) is 11.5 Å². The van der Waals surface area contributed by atoms with E-state index in [1.807, 2.05) is 18.2 Å². The van der Waals surface area contributed by atoms with Gasteiger partial charge in [-0.2, -0.15) is 0 Å². The summed E-state index contributed by atoms with van der Waals surface area (Å²) in [5.74, 6) is 0.916. The summed E-state index contributed by atoms with van der Waals surface area (Å²) in [4.78, 5) is 11.0. The van der Waals surface area contributed by atoms with E-state index in [0.29, 0.717) is 6.04 Å². The van der Waals surface area contributed by atoms with Crippen molar-refractivity contribution in [3.05, 3.63) is 24.5 Å². The molecule has 0 spiro atoms. The summed E-state index contributed by atoms with van der Waals surface area (Å²) in [5.41, 5.74) is 7.41. The monoisotopic (exact) mass is 257 g/mol. The van der Waals surface area contributed by atoms with Crippen molar-refractivity contribution in [3.8, 4) is 0 Å². The second kappa shape index (κ2) is 5.01. The molecule has 1 aliphatic heterocycles. The molecule has 0 bridgehead atoms. The molecule has 1 aromatic heterocycles. The van der Waals surface area contributed by atoms with Gasteiger partial charge in [0.05, 0.1) is 5.52 Å². The lowest BCUT2D eigenvalue weighted by atomic mass is 10.1. The van der Waals surface area contributed by atoms with Gasteiger partial charge in [-0.05, 0) is 51.2 Å². The van der Waals surface area contributed by atoms with Crippen LogP contribution in [-0.2, 0) is 0 Å². The van der Waals surface area contributed by atoms with Crippen molar-refractivity contribution in [2.24, 2.45) is 0 Å². The van der Waals surface area contributed by atoms with E-state index in [1.54, 1.807) is 6.33 Å². The molecule has 1 aliphatic rings. The fraction of sp³-hybridized carbons (Fsp3) is 0.429. The first-order valence-corrected chi connectivity index (χ1v) is 6.68. The number of anilines is 2. The molecule has 0 amide bonds. The number of hydrogen-bond donors (Lipinski definition) is 2. The smallest absolute Gasteiger partial charge is 0.137 e. The number of nitrogens with one attached hydrogen (secondary N) is 1.